The molecule has 0 aliphatic heterocycles. The van der Waals surface area contributed by atoms with Crippen molar-refractivity contribution in [3.63, 3.8) is 0 Å². The summed E-state index contributed by atoms with van der Waals surface area (Å²) in [6.45, 7) is 1.67. The molecule has 0 bridgehead atoms. The lowest BCUT2D eigenvalue weighted by Gasteiger charge is -2.23. The average Bonchev–Trinajstić information content (AvgIpc) is 2.55. The Bertz CT molecular complexity index is 491. The Kier molecular flexibility index (Phi) is 11.3. The van der Waals surface area contributed by atoms with E-state index in [4.69, 9.17) is 10.8 Å². The maximum Gasteiger partial charge on any atom is 0.327 e. The van der Waals surface area contributed by atoms with Crippen LogP contribution in [0, 0.1) is 0 Å². The summed E-state index contributed by atoms with van der Waals surface area (Å²) < 4.78 is 0. The summed E-state index contributed by atoms with van der Waals surface area (Å²) in [7, 11) is 0. The van der Waals surface area contributed by atoms with Gasteiger partial charge in [-0.15, -0.1) is 0 Å². The van der Waals surface area contributed by atoms with Crippen molar-refractivity contribution in [1.29, 1.82) is 0 Å². The third-order valence-corrected chi connectivity index (χ3v) is 4.86. The van der Waals surface area contributed by atoms with Crippen molar-refractivity contribution >= 4 is 48.1 Å². The minimum absolute atomic E-state index is 0.00209. The fourth-order valence-electron chi connectivity index (χ4n) is 1.84. The maximum absolute atomic E-state index is 12.2. The summed E-state index contributed by atoms with van der Waals surface area (Å²) in [4.78, 5) is 45.8. The van der Waals surface area contributed by atoms with Gasteiger partial charge in [0.15, 0.2) is 0 Å². The average molecular weight is 396 g/mol. The highest BCUT2D eigenvalue weighted by molar-refractivity contribution is 7.99. The van der Waals surface area contributed by atoms with E-state index in [1.807, 2.05) is 0 Å². The molecule has 144 valence electrons. The zero-order valence-electron chi connectivity index (χ0n) is 14.1. The van der Waals surface area contributed by atoms with E-state index >= 15 is 0 Å². The lowest BCUT2D eigenvalue weighted by atomic mass is 10.1. The zero-order chi connectivity index (χ0) is 19.6. The molecule has 0 aromatic carbocycles. The Morgan fingerprint density at radius 2 is 1.76 bits per heavy atom. The van der Waals surface area contributed by atoms with E-state index in [0.717, 1.165) is 0 Å². The van der Waals surface area contributed by atoms with E-state index < -0.39 is 41.9 Å². The van der Waals surface area contributed by atoms with Crippen molar-refractivity contribution in [2.75, 3.05) is 12.0 Å². The molecule has 0 aromatic rings. The summed E-state index contributed by atoms with van der Waals surface area (Å²) in [5.74, 6) is -3.42. The predicted molar refractivity (Wildman–Crippen MR) is 97.8 cm³/mol. The number of carboxylic acid groups (broad SMARTS) is 2. The van der Waals surface area contributed by atoms with Crippen LogP contribution in [0.5, 0.6) is 0 Å². The van der Waals surface area contributed by atoms with Crippen molar-refractivity contribution in [2.45, 2.75) is 49.6 Å². The molecular formula is C14H25N3O6S2. The quantitative estimate of drug-likeness (QED) is 0.237. The Hall–Kier alpha value is -1.46. The van der Waals surface area contributed by atoms with Crippen molar-refractivity contribution in [3.8, 4) is 0 Å². The summed E-state index contributed by atoms with van der Waals surface area (Å²) in [5.41, 5.74) is 5.34. The molecule has 6 N–H and O–H groups in total. The SMILES string of the molecule is CSC(C)[C@@H](NC(=O)[C@H](CS)NC(=O)CCC[C@H](N)C(=O)O)C(=O)O. The monoisotopic (exact) mass is 395 g/mol. The molecule has 1 unspecified atom stereocenters. The van der Waals surface area contributed by atoms with Crippen molar-refractivity contribution in [3.05, 3.63) is 0 Å². The first-order chi connectivity index (χ1) is 11.6. The largest absolute Gasteiger partial charge is 0.480 e. The summed E-state index contributed by atoms with van der Waals surface area (Å²) in [6.07, 6.45) is 2.11. The molecule has 0 fully saturated rings. The van der Waals surface area contributed by atoms with Crippen molar-refractivity contribution in [1.82, 2.24) is 10.6 Å². The van der Waals surface area contributed by atoms with Gasteiger partial charge in [0.05, 0.1) is 0 Å². The van der Waals surface area contributed by atoms with E-state index in [9.17, 15) is 24.3 Å². The lowest BCUT2D eigenvalue weighted by molar-refractivity contribution is -0.142. The molecule has 0 saturated carbocycles. The number of carbonyl (C=O) groups excluding carboxylic acids is 2. The van der Waals surface area contributed by atoms with E-state index in [-0.39, 0.29) is 30.3 Å². The fourth-order valence-corrected chi connectivity index (χ4v) is 2.55. The molecule has 0 radical (unpaired) electrons. The van der Waals surface area contributed by atoms with E-state index in [1.165, 1.54) is 11.8 Å². The standard InChI is InChI=1S/C14H25N3O6S2/c1-7(25-2)11(14(22)23)17-12(19)9(6-24)16-10(18)5-3-4-8(15)13(20)21/h7-9,11,24H,3-6,15H2,1-2H3,(H,16,18)(H,17,19)(H,20,21)(H,22,23)/t7?,8-,9-,11+/m0/s1. The maximum atomic E-state index is 12.2. The van der Waals surface area contributed by atoms with Crippen LogP contribution in [0.2, 0.25) is 0 Å². The number of carboxylic acids is 2. The molecule has 9 nitrogen and oxygen atoms in total. The normalized spacial score (nSPS) is 15.5. The highest BCUT2D eigenvalue weighted by Gasteiger charge is 2.29. The van der Waals surface area contributed by atoms with E-state index in [0.29, 0.717) is 0 Å². The van der Waals surface area contributed by atoms with Crippen LogP contribution in [0.1, 0.15) is 26.2 Å². The minimum Gasteiger partial charge on any atom is -0.480 e. The molecule has 0 aliphatic carbocycles. The Morgan fingerprint density at radius 1 is 1.16 bits per heavy atom. The molecule has 0 aromatic heterocycles. The molecule has 0 spiro atoms. The molecule has 0 heterocycles. The van der Waals surface area contributed by atoms with Gasteiger partial charge in [0.25, 0.3) is 0 Å². The van der Waals surface area contributed by atoms with Crippen LogP contribution in [0.3, 0.4) is 0 Å². The second-order valence-electron chi connectivity index (χ2n) is 5.40. The van der Waals surface area contributed by atoms with Gasteiger partial charge in [-0.1, -0.05) is 6.92 Å². The smallest absolute Gasteiger partial charge is 0.327 e. The first kappa shape index (κ1) is 23.5. The second-order valence-corrected chi connectivity index (χ2v) is 6.99. The van der Waals surface area contributed by atoms with Crippen LogP contribution in [0.4, 0.5) is 0 Å². The van der Waals surface area contributed by atoms with Gasteiger partial charge in [0.2, 0.25) is 11.8 Å². The molecule has 2 amide bonds. The number of thiol groups is 1. The van der Waals surface area contributed by atoms with Crippen LogP contribution < -0.4 is 16.4 Å². The number of hydrogen-bond donors (Lipinski definition) is 6. The summed E-state index contributed by atoms with van der Waals surface area (Å²) >= 11 is 5.29. The number of hydrogen-bond acceptors (Lipinski definition) is 7. The number of thioether (sulfide) groups is 1. The van der Waals surface area contributed by atoms with E-state index in [1.54, 1.807) is 13.2 Å². The number of carbonyl (C=O) groups is 4. The first-order valence-electron chi connectivity index (χ1n) is 7.58. The Morgan fingerprint density at radius 3 is 2.20 bits per heavy atom. The van der Waals surface area contributed by atoms with Gasteiger partial charge in [0.1, 0.15) is 18.1 Å². The highest BCUT2D eigenvalue weighted by atomic mass is 32.2. The van der Waals surface area contributed by atoms with Crippen LogP contribution in [0.25, 0.3) is 0 Å². The highest BCUT2D eigenvalue weighted by Crippen LogP contribution is 2.11. The summed E-state index contributed by atoms with van der Waals surface area (Å²) in [5, 5.41) is 22.3. The van der Waals surface area contributed by atoms with Gasteiger partial charge in [0, 0.05) is 17.4 Å². The third kappa shape index (κ3) is 8.98. The number of aliphatic carboxylic acids is 2. The van der Waals surface area contributed by atoms with Gasteiger partial charge >= 0.3 is 11.9 Å². The van der Waals surface area contributed by atoms with Gasteiger partial charge in [-0.2, -0.15) is 24.4 Å². The number of nitrogens with two attached hydrogens (primary N) is 1. The van der Waals surface area contributed by atoms with E-state index in [2.05, 4.69) is 23.3 Å². The first-order valence-corrected chi connectivity index (χ1v) is 9.50. The van der Waals surface area contributed by atoms with Gasteiger partial charge in [-0.05, 0) is 19.1 Å². The van der Waals surface area contributed by atoms with Gasteiger partial charge in [-0.25, -0.2) is 4.79 Å². The van der Waals surface area contributed by atoms with Gasteiger partial charge in [-0.3, -0.25) is 14.4 Å². The fraction of sp³-hybridized carbons (Fsp3) is 0.714. The third-order valence-electron chi connectivity index (χ3n) is 3.48. The molecule has 0 saturated heterocycles. The number of nitrogens with one attached hydrogen (secondary N) is 2. The zero-order valence-corrected chi connectivity index (χ0v) is 15.8. The molecule has 0 rings (SSSR count). The Labute approximate surface area is 155 Å². The van der Waals surface area contributed by atoms with Gasteiger partial charge < -0.3 is 26.6 Å². The number of rotatable bonds is 12. The minimum atomic E-state index is -1.16. The Balaban J connectivity index is 4.55. The molecule has 25 heavy (non-hydrogen) atoms. The second kappa shape index (κ2) is 12.0. The molecular weight excluding hydrogens is 370 g/mol. The molecule has 4 atom stereocenters. The summed E-state index contributed by atoms with van der Waals surface area (Å²) in [6, 6.07) is -3.11. The number of amides is 2. The molecule has 11 heteroatoms. The van der Waals surface area contributed by atoms with Crippen LogP contribution >= 0.6 is 24.4 Å². The van der Waals surface area contributed by atoms with Crippen LogP contribution in [-0.4, -0.2) is 69.4 Å². The molecule has 0 aliphatic rings. The van der Waals surface area contributed by atoms with Crippen molar-refractivity contribution < 1.29 is 29.4 Å². The predicted octanol–water partition coefficient (Wildman–Crippen LogP) is -0.696. The lowest BCUT2D eigenvalue weighted by Crippen LogP contribution is -2.54. The van der Waals surface area contributed by atoms with Crippen LogP contribution in [0.15, 0.2) is 0 Å². The topological polar surface area (TPSA) is 159 Å². The van der Waals surface area contributed by atoms with Crippen LogP contribution in [-0.2, 0) is 19.2 Å². The van der Waals surface area contributed by atoms with Crippen molar-refractivity contribution in [2.24, 2.45) is 5.73 Å².